The Labute approximate surface area is 130 Å². The lowest BCUT2D eigenvalue weighted by Crippen LogP contribution is -2.31. The molecule has 1 heterocycles. The average Bonchev–Trinajstić information content (AvgIpc) is 2.85. The van der Waals surface area contributed by atoms with Crippen molar-refractivity contribution in [3.05, 3.63) is 52.8 Å². The van der Waals surface area contributed by atoms with Crippen molar-refractivity contribution in [2.45, 2.75) is 19.8 Å². The third kappa shape index (κ3) is 3.85. The molecule has 1 N–H and O–H groups in total. The molecule has 0 spiro atoms. The molecule has 1 aromatic carbocycles. The summed E-state index contributed by atoms with van der Waals surface area (Å²) in [5, 5.41) is 7.82. The first-order valence-corrected chi connectivity index (χ1v) is 7.38. The summed E-state index contributed by atoms with van der Waals surface area (Å²) < 4.78 is 1.86. The topological polar surface area (TPSA) is 46.9 Å². The van der Waals surface area contributed by atoms with Gasteiger partial charge in [-0.3, -0.25) is 9.48 Å². The first-order chi connectivity index (χ1) is 9.99. The minimum absolute atomic E-state index is 0.0838. The van der Waals surface area contributed by atoms with Gasteiger partial charge in [-0.2, -0.15) is 5.10 Å². The number of hydrogen-bond donors (Lipinski definition) is 1. The maximum absolute atomic E-state index is 12.2. The van der Waals surface area contributed by atoms with Crippen molar-refractivity contribution in [2.75, 3.05) is 6.54 Å². The lowest BCUT2D eigenvalue weighted by Gasteiger charge is -2.21. The normalized spacial score (nSPS) is 12.4. The molecule has 5 heteroatoms. The van der Waals surface area contributed by atoms with Gasteiger partial charge in [-0.1, -0.05) is 25.4 Å². The third-order valence-electron chi connectivity index (χ3n) is 3.63. The lowest BCUT2D eigenvalue weighted by molar-refractivity contribution is 0.0948. The van der Waals surface area contributed by atoms with E-state index in [1.165, 1.54) is 0 Å². The highest BCUT2D eigenvalue weighted by Gasteiger charge is 2.20. The van der Waals surface area contributed by atoms with E-state index in [2.05, 4.69) is 24.3 Å². The smallest absolute Gasteiger partial charge is 0.251 e. The Bertz CT molecular complexity index is 604. The average molecular weight is 306 g/mol. The molecule has 112 valence electrons. The van der Waals surface area contributed by atoms with E-state index in [4.69, 9.17) is 11.6 Å². The third-order valence-corrected chi connectivity index (χ3v) is 3.88. The maximum Gasteiger partial charge on any atom is 0.251 e. The molecule has 1 aromatic heterocycles. The first-order valence-electron chi connectivity index (χ1n) is 7.00. The van der Waals surface area contributed by atoms with Crippen LogP contribution in [0.4, 0.5) is 0 Å². The van der Waals surface area contributed by atoms with Crippen LogP contribution in [0.25, 0.3) is 0 Å². The minimum Gasteiger partial charge on any atom is -0.351 e. The van der Waals surface area contributed by atoms with E-state index in [1.807, 2.05) is 17.8 Å². The van der Waals surface area contributed by atoms with Gasteiger partial charge in [0.15, 0.2) is 0 Å². The molecule has 0 saturated carbocycles. The summed E-state index contributed by atoms with van der Waals surface area (Å²) in [6.45, 7) is 4.87. The molecule has 0 unspecified atom stereocenters. The second-order valence-electron chi connectivity index (χ2n) is 5.45. The van der Waals surface area contributed by atoms with E-state index in [0.29, 0.717) is 23.0 Å². The predicted molar refractivity (Wildman–Crippen MR) is 84.6 cm³/mol. The highest BCUT2D eigenvalue weighted by atomic mass is 35.5. The van der Waals surface area contributed by atoms with E-state index in [0.717, 1.165) is 5.69 Å². The van der Waals surface area contributed by atoms with Crippen LogP contribution >= 0.6 is 11.6 Å². The van der Waals surface area contributed by atoms with Crippen LogP contribution in [0.5, 0.6) is 0 Å². The van der Waals surface area contributed by atoms with Gasteiger partial charge in [0.2, 0.25) is 0 Å². The van der Waals surface area contributed by atoms with Gasteiger partial charge in [-0.05, 0) is 36.2 Å². The number of rotatable bonds is 5. The van der Waals surface area contributed by atoms with Crippen molar-refractivity contribution in [1.29, 1.82) is 0 Å². The molecule has 0 bridgehead atoms. The number of amides is 1. The molecule has 0 radical (unpaired) electrons. The maximum atomic E-state index is 12.2. The van der Waals surface area contributed by atoms with E-state index >= 15 is 0 Å². The monoisotopic (exact) mass is 305 g/mol. The quantitative estimate of drug-likeness (QED) is 0.922. The standard InChI is InChI=1S/C16H20ClN3O/c1-11(2)14(15-8-9-19-20(15)3)10-18-16(21)12-4-6-13(17)7-5-12/h4-9,11,14H,10H2,1-3H3,(H,18,21)/t14-/m0/s1. The summed E-state index contributed by atoms with van der Waals surface area (Å²) in [4.78, 5) is 12.2. The Hall–Kier alpha value is -1.81. The van der Waals surface area contributed by atoms with Crippen molar-refractivity contribution >= 4 is 17.5 Å². The van der Waals surface area contributed by atoms with Crippen molar-refractivity contribution in [3.63, 3.8) is 0 Å². The van der Waals surface area contributed by atoms with Crippen molar-refractivity contribution < 1.29 is 4.79 Å². The zero-order chi connectivity index (χ0) is 15.4. The fraction of sp³-hybridized carbons (Fsp3) is 0.375. The Morgan fingerprint density at radius 1 is 1.29 bits per heavy atom. The summed E-state index contributed by atoms with van der Waals surface area (Å²) in [6.07, 6.45) is 1.78. The van der Waals surface area contributed by atoms with E-state index in [9.17, 15) is 4.79 Å². The summed E-state index contributed by atoms with van der Waals surface area (Å²) in [6, 6.07) is 8.90. The molecule has 1 atom stereocenters. The summed E-state index contributed by atoms with van der Waals surface area (Å²) >= 11 is 5.83. The fourth-order valence-electron chi connectivity index (χ4n) is 2.34. The zero-order valence-corrected chi connectivity index (χ0v) is 13.3. The van der Waals surface area contributed by atoms with Crippen LogP contribution in [0.1, 0.15) is 35.8 Å². The van der Waals surface area contributed by atoms with Crippen molar-refractivity contribution in [2.24, 2.45) is 13.0 Å². The van der Waals surface area contributed by atoms with Gasteiger partial charge in [-0.15, -0.1) is 0 Å². The molecule has 0 aliphatic rings. The first kappa shape index (κ1) is 15.6. The van der Waals surface area contributed by atoms with Crippen molar-refractivity contribution in [1.82, 2.24) is 15.1 Å². The van der Waals surface area contributed by atoms with Crippen LogP contribution in [0.2, 0.25) is 5.02 Å². The number of aryl methyl sites for hydroxylation is 1. The summed E-state index contributed by atoms with van der Waals surface area (Å²) in [5.74, 6) is 0.555. The largest absolute Gasteiger partial charge is 0.351 e. The molecule has 0 aliphatic carbocycles. The molecule has 4 nitrogen and oxygen atoms in total. The number of carbonyl (C=O) groups is 1. The SMILES string of the molecule is CC(C)[C@H](CNC(=O)c1ccc(Cl)cc1)c1ccnn1C. The number of benzene rings is 1. The van der Waals surface area contributed by atoms with E-state index < -0.39 is 0 Å². The van der Waals surface area contributed by atoms with E-state index in [1.54, 1.807) is 30.5 Å². The van der Waals surface area contributed by atoms with Gasteiger partial charge < -0.3 is 5.32 Å². The van der Waals surface area contributed by atoms with Crippen LogP contribution in [0.3, 0.4) is 0 Å². The molecule has 0 fully saturated rings. The number of nitrogens with zero attached hydrogens (tertiary/aromatic N) is 2. The van der Waals surface area contributed by atoms with Gasteiger partial charge in [0.1, 0.15) is 0 Å². The van der Waals surface area contributed by atoms with Gasteiger partial charge in [0.25, 0.3) is 5.91 Å². The van der Waals surface area contributed by atoms with Crippen LogP contribution < -0.4 is 5.32 Å². The second kappa shape index (κ2) is 6.76. The molecule has 1 amide bonds. The van der Waals surface area contributed by atoms with E-state index in [-0.39, 0.29) is 11.8 Å². The number of aromatic nitrogens is 2. The van der Waals surface area contributed by atoms with Crippen molar-refractivity contribution in [3.8, 4) is 0 Å². The number of carbonyl (C=O) groups excluding carboxylic acids is 1. The van der Waals surface area contributed by atoms with Crippen LogP contribution in [0.15, 0.2) is 36.5 Å². The molecule has 2 aromatic rings. The molecular weight excluding hydrogens is 286 g/mol. The molecule has 2 rings (SSSR count). The Morgan fingerprint density at radius 2 is 1.95 bits per heavy atom. The Morgan fingerprint density at radius 3 is 2.48 bits per heavy atom. The number of nitrogens with one attached hydrogen (secondary N) is 1. The highest BCUT2D eigenvalue weighted by Crippen LogP contribution is 2.23. The molecular formula is C16H20ClN3O. The van der Waals surface area contributed by atoms with Crippen LogP contribution in [-0.4, -0.2) is 22.2 Å². The predicted octanol–water partition coefficient (Wildman–Crippen LogP) is 3.24. The molecule has 0 saturated heterocycles. The number of hydrogen-bond acceptors (Lipinski definition) is 2. The highest BCUT2D eigenvalue weighted by molar-refractivity contribution is 6.30. The summed E-state index contributed by atoms with van der Waals surface area (Å²) in [5.41, 5.74) is 1.74. The van der Waals surface area contributed by atoms with Gasteiger partial charge in [-0.25, -0.2) is 0 Å². The van der Waals surface area contributed by atoms with Gasteiger partial charge in [0, 0.05) is 42.0 Å². The Balaban J connectivity index is 2.04. The van der Waals surface area contributed by atoms with Gasteiger partial charge >= 0.3 is 0 Å². The summed E-state index contributed by atoms with van der Waals surface area (Å²) in [7, 11) is 1.92. The van der Waals surface area contributed by atoms with Crippen LogP contribution in [-0.2, 0) is 7.05 Å². The second-order valence-corrected chi connectivity index (χ2v) is 5.88. The fourth-order valence-corrected chi connectivity index (χ4v) is 2.46. The number of halogens is 1. The van der Waals surface area contributed by atoms with Crippen LogP contribution in [0, 0.1) is 5.92 Å². The molecule has 0 aliphatic heterocycles. The zero-order valence-electron chi connectivity index (χ0n) is 12.5. The lowest BCUT2D eigenvalue weighted by atomic mass is 9.92. The van der Waals surface area contributed by atoms with Gasteiger partial charge in [0.05, 0.1) is 0 Å². The minimum atomic E-state index is -0.0838. The molecule has 21 heavy (non-hydrogen) atoms. The Kier molecular flexibility index (Phi) is 5.02.